The number of fused-ring (bicyclic) bond motifs is 2. The summed E-state index contributed by atoms with van der Waals surface area (Å²) in [5.41, 5.74) is 4.32. The Morgan fingerprint density at radius 1 is 0.848 bits per heavy atom. The number of aromatic nitrogens is 2. The van der Waals surface area contributed by atoms with Crippen molar-refractivity contribution in [1.29, 1.82) is 0 Å². The highest BCUT2D eigenvalue weighted by molar-refractivity contribution is 5.91. The maximum Gasteiger partial charge on any atom is 0.244 e. The van der Waals surface area contributed by atoms with Crippen molar-refractivity contribution in [3.63, 3.8) is 0 Å². The van der Waals surface area contributed by atoms with Gasteiger partial charge in [-0.15, -0.1) is 0 Å². The van der Waals surface area contributed by atoms with Gasteiger partial charge in [-0.25, -0.2) is 4.98 Å². The molecule has 0 spiro atoms. The Kier molecular flexibility index (Phi) is 5.98. The normalized spacial score (nSPS) is 11.4. The van der Waals surface area contributed by atoms with Crippen molar-refractivity contribution in [3.05, 3.63) is 120 Å². The van der Waals surface area contributed by atoms with Gasteiger partial charge in [0.05, 0.1) is 11.0 Å². The van der Waals surface area contributed by atoms with Gasteiger partial charge >= 0.3 is 0 Å². The number of rotatable bonds is 7. The van der Waals surface area contributed by atoms with Crippen LogP contribution in [0.1, 0.15) is 17.0 Å². The molecule has 0 saturated heterocycles. The van der Waals surface area contributed by atoms with Gasteiger partial charge in [0.25, 0.3) is 0 Å². The summed E-state index contributed by atoms with van der Waals surface area (Å²) in [7, 11) is 0. The first-order chi connectivity index (χ1) is 16.3. The first-order valence-electron chi connectivity index (χ1n) is 11.2. The number of para-hydroxylation sites is 2. The minimum absolute atomic E-state index is 0.101. The van der Waals surface area contributed by atoms with Crippen LogP contribution in [-0.4, -0.2) is 22.0 Å². The first-order valence-corrected chi connectivity index (χ1v) is 11.2. The van der Waals surface area contributed by atoms with Crippen LogP contribution in [0.5, 0.6) is 0 Å². The number of amides is 1. The van der Waals surface area contributed by atoms with Crippen LogP contribution in [0.2, 0.25) is 0 Å². The number of nitrogens with one attached hydrogen (secondary N) is 1. The number of carbonyl (C=O) groups is 1. The molecule has 0 unspecified atom stereocenters. The van der Waals surface area contributed by atoms with Gasteiger partial charge < -0.3 is 9.88 Å². The monoisotopic (exact) mass is 431 g/mol. The third-order valence-electron chi connectivity index (χ3n) is 5.76. The second kappa shape index (κ2) is 9.53. The molecular formula is C29H25N3O. The molecule has 1 amide bonds. The number of nitrogens with zero attached hydrogens (tertiary/aromatic N) is 2. The summed E-state index contributed by atoms with van der Waals surface area (Å²) >= 11 is 0. The van der Waals surface area contributed by atoms with E-state index in [4.69, 9.17) is 4.98 Å². The quantitative estimate of drug-likeness (QED) is 0.341. The molecule has 1 N–H and O–H groups in total. The van der Waals surface area contributed by atoms with E-state index >= 15 is 0 Å². The Morgan fingerprint density at radius 2 is 1.61 bits per heavy atom. The summed E-state index contributed by atoms with van der Waals surface area (Å²) in [4.78, 5) is 17.1. The Morgan fingerprint density at radius 3 is 2.48 bits per heavy atom. The lowest BCUT2D eigenvalue weighted by Crippen LogP contribution is -2.24. The van der Waals surface area contributed by atoms with E-state index in [1.54, 1.807) is 6.08 Å². The zero-order valence-corrected chi connectivity index (χ0v) is 18.3. The number of hydrogen-bond acceptors (Lipinski definition) is 2. The molecule has 0 aliphatic rings. The lowest BCUT2D eigenvalue weighted by atomic mass is 10.1. The predicted octanol–water partition coefficient (Wildman–Crippen LogP) is 5.61. The van der Waals surface area contributed by atoms with Crippen LogP contribution in [0.3, 0.4) is 0 Å². The highest BCUT2D eigenvalue weighted by Crippen LogP contribution is 2.21. The summed E-state index contributed by atoms with van der Waals surface area (Å²) in [5.74, 6) is 0.868. The van der Waals surface area contributed by atoms with E-state index in [2.05, 4.69) is 58.4 Å². The Hall–Kier alpha value is -4.18. The number of hydrogen-bond donors (Lipinski definition) is 1. The van der Waals surface area contributed by atoms with Crippen LogP contribution in [0.15, 0.2) is 103 Å². The van der Waals surface area contributed by atoms with E-state index in [1.165, 1.54) is 16.3 Å². The first kappa shape index (κ1) is 20.7. The van der Waals surface area contributed by atoms with Crippen LogP contribution >= 0.6 is 0 Å². The molecule has 162 valence electrons. The molecule has 0 fully saturated rings. The van der Waals surface area contributed by atoms with Gasteiger partial charge in [0, 0.05) is 25.6 Å². The molecule has 5 aromatic rings. The molecule has 33 heavy (non-hydrogen) atoms. The Labute approximate surface area is 193 Å². The SMILES string of the molecule is O=C(/C=C/c1ccccc1)NCCc1nc2ccccc2n1Cc1ccc2ccccc2c1. The standard InChI is InChI=1S/C29H25N3O/c33-29(17-15-22-8-2-1-3-9-22)30-19-18-28-31-26-12-6-7-13-27(26)32(28)21-23-14-16-24-10-4-5-11-25(24)20-23/h1-17,20H,18-19,21H2,(H,30,33)/b17-15+. The van der Waals surface area contributed by atoms with E-state index in [0.29, 0.717) is 13.0 Å². The molecule has 0 aliphatic heterocycles. The molecule has 1 heterocycles. The molecule has 0 bridgehead atoms. The lowest BCUT2D eigenvalue weighted by molar-refractivity contribution is -0.116. The maximum atomic E-state index is 12.3. The van der Waals surface area contributed by atoms with Crippen molar-refractivity contribution in [2.75, 3.05) is 6.54 Å². The number of imidazole rings is 1. The van der Waals surface area contributed by atoms with Gasteiger partial charge in [-0.05, 0) is 46.2 Å². The van der Waals surface area contributed by atoms with Crippen LogP contribution in [0, 0.1) is 0 Å². The third kappa shape index (κ3) is 4.85. The molecule has 0 atom stereocenters. The fourth-order valence-electron chi connectivity index (χ4n) is 4.10. The highest BCUT2D eigenvalue weighted by atomic mass is 16.1. The molecule has 5 rings (SSSR count). The van der Waals surface area contributed by atoms with Crippen molar-refractivity contribution < 1.29 is 4.79 Å². The second-order valence-electron chi connectivity index (χ2n) is 8.07. The van der Waals surface area contributed by atoms with E-state index in [-0.39, 0.29) is 5.91 Å². The zero-order chi connectivity index (χ0) is 22.5. The van der Waals surface area contributed by atoms with Crippen molar-refractivity contribution >= 4 is 33.8 Å². The minimum atomic E-state index is -0.101. The molecule has 4 aromatic carbocycles. The van der Waals surface area contributed by atoms with Crippen molar-refractivity contribution in [1.82, 2.24) is 14.9 Å². The average molecular weight is 432 g/mol. The molecule has 4 heteroatoms. The summed E-state index contributed by atoms with van der Waals surface area (Å²) < 4.78 is 2.26. The smallest absolute Gasteiger partial charge is 0.244 e. The van der Waals surface area contributed by atoms with Crippen LogP contribution < -0.4 is 5.32 Å². The van der Waals surface area contributed by atoms with E-state index in [9.17, 15) is 4.79 Å². The van der Waals surface area contributed by atoms with Gasteiger partial charge in [-0.1, -0.05) is 78.9 Å². The topological polar surface area (TPSA) is 46.9 Å². The van der Waals surface area contributed by atoms with Crippen molar-refractivity contribution in [2.24, 2.45) is 0 Å². The lowest BCUT2D eigenvalue weighted by Gasteiger charge is -2.11. The van der Waals surface area contributed by atoms with Crippen LogP contribution in [-0.2, 0) is 17.8 Å². The van der Waals surface area contributed by atoms with E-state index in [0.717, 1.165) is 29.0 Å². The Bertz CT molecular complexity index is 1430. The molecule has 0 aliphatic carbocycles. The molecule has 0 radical (unpaired) electrons. The zero-order valence-electron chi connectivity index (χ0n) is 18.3. The summed E-state index contributed by atoms with van der Waals surface area (Å²) in [6.45, 7) is 1.27. The molecule has 4 nitrogen and oxygen atoms in total. The minimum Gasteiger partial charge on any atom is -0.352 e. The summed E-state index contributed by atoms with van der Waals surface area (Å²) in [6.07, 6.45) is 4.06. The van der Waals surface area contributed by atoms with Gasteiger partial charge in [0.1, 0.15) is 5.82 Å². The average Bonchev–Trinajstić information content (AvgIpc) is 3.20. The van der Waals surface area contributed by atoms with E-state index < -0.39 is 0 Å². The predicted molar refractivity (Wildman–Crippen MR) is 135 cm³/mol. The van der Waals surface area contributed by atoms with Crippen LogP contribution in [0.25, 0.3) is 27.9 Å². The molecule has 1 aromatic heterocycles. The van der Waals surface area contributed by atoms with Crippen LogP contribution in [0.4, 0.5) is 0 Å². The van der Waals surface area contributed by atoms with Crippen molar-refractivity contribution in [2.45, 2.75) is 13.0 Å². The third-order valence-corrected chi connectivity index (χ3v) is 5.76. The number of carbonyl (C=O) groups excluding carboxylic acids is 1. The summed E-state index contributed by atoms with van der Waals surface area (Å²) in [6, 6.07) is 33.0. The van der Waals surface area contributed by atoms with E-state index in [1.807, 2.05) is 54.6 Å². The second-order valence-corrected chi connectivity index (χ2v) is 8.07. The number of benzene rings is 4. The maximum absolute atomic E-state index is 12.3. The highest BCUT2D eigenvalue weighted by Gasteiger charge is 2.11. The van der Waals surface area contributed by atoms with Crippen molar-refractivity contribution in [3.8, 4) is 0 Å². The molecular weight excluding hydrogens is 406 g/mol. The fraction of sp³-hybridized carbons (Fsp3) is 0.103. The van der Waals surface area contributed by atoms with Gasteiger partial charge in [-0.2, -0.15) is 0 Å². The van der Waals surface area contributed by atoms with Gasteiger partial charge in [0.2, 0.25) is 5.91 Å². The largest absolute Gasteiger partial charge is 0.352 e. The molecule has 0 saturated carbocycles. The summed E-state index contributed by atoms with van der Waals surface area (Å²) in [5, 5.41) is 5.46. The Balaban J connectivity index is 1.32. The van der Waals surface area contributed by atoms with Gasteiger partial charge in [0.15, 0.2) is 0 Å². The fourth-order valence-corrected chi connectivity index (χ4v) is 4.10. The van der Waals surface area contributed by atoms with Gasteiger partial charge in [-0.3, -0.25) is 4.79 Å².